The van der Waals surface area contributed by atoms with Crippen molar-refractivity contribution in [1.29, 1.82) is 0 Å². The molecule has 2 aliphatic rings. The van der Waals surface area contributed by atoms with Crippen LogP contribution in [0.5, 0.6) is 17.4 Å². The van der Waals surface area contributed by atoms with Crippen molar-refractivity contribution in [3.63, 3.8) is 0 Å². The van der Waals surface area contributed by atoms with Gasteiger partial charge < -0.3 is 34.5 Å². The van der Waals surface area contributed by atoms with E-state index in [1.54, 1.807) is 18.1 Å². The molecule has 42 heavy (non-hydrogen) atoms. The summed E-state index contributed by atoms with van der Waals surface area (Å²) in [7, 11) is 1.56. The van der Waals surface area contributed by atoms with Gasteiger partial charge in [-0.25, -0.2) is 9.78 Å². The first kappa shape index (κ1) is 29.0. The average Bonchev–Trinajstić information content (AvgIpc) is 2.99. The Balaban J connectivity index is 1.23. The van der Waals surface area contributed by atoms with Gasteiger partial charge in [0.25, 0.3) is 5.91 Å². The third-order valence-electron chi connectivity index (χ3n) is 7.15. The minimum Gasteiger partial charge on any atom is -0.486 e. The van der Waals surface area contributed by atoms with Gasteiger partial charge in [-0.15, -0.1) is 0 Å². The Hall–Kier alpha value is -4.47. The van der Waals surface area contributed by atoms with Gasteiger partial charge in [0.1, 0.15) is 24.5 Å². The van der Waals surface area contributed by atoms with Crippen LogP contribution in [0.4, 0.5) is 16.2 Å². The number of pyridine rings is 1. The quantitative estimate of drug-likeness (QED) is 0.373. The summed E-state index contributed by atoms with van der Waals surface area (Å²) in [6, 6.07) is 16.8. The second kappa shape index (κ2) is 12.6. The number of benzene rings is 2. The maximum absolute atomic E-state index is 13.2. The maximum Gasteiger partial charge on any atom is 0.410 e. The predicted molar refractivity (Wildman–Crippen MR) is 160 cm³/mol. The lowest BCUT2D eigenvalue weighted by molar-refractivity contribution is 0.0183. The lowest BCUT2D eigenvalue weighted by atomic mass is 9.97. The number of carbonyl (C=O) groups is 2. The van der Waals surface area contributed by atoms with Gasteiger partial charge in [-0.2, -0.15) is 0 Å². The van der Waals surface area contributed by atoms with Crippen LogP contribution in [0.3, 0.4) is 0 Å². The van der Waals surface area contributed by atoms with Crippen molar-refractivity contribution >= 4 is 23.4 Å². The van der Waals surface area contributed by atoms with E-state index < -0.39 is 5.60 Å². The summed E-state index contributed by atoms with van der Waals surface area (Å²) >= 11 is 0. The van der Waals surface area contributed by atoms with Gasteiger partial charge in [0.05, 0.1) is 24.1 Å². The molecule has 10 heteroatoms. The van der Waals surface area contributed by atoms with Gasteiger partial charge >= 0.3 is 6.09 Å². The SMILES string of the molecule is COc1nc(-c2cccc3c2OCCO3)ccc1Nc1ccccc1C(=O)NCC1CCN(C(=O)OC(C)(C)C)CC1. The number of nitrogens with one attached hydrogen (secondary N) is 2. The second-order valence-electron chi connectivity index (χ2n) is 11.4. The highest BCUT2D eigenvalue weighted by Gasteiger charge is 2.27. The maximum atomic E-state index is 13.2. The number of rotatable bonds is 7. The van der Waals surface area contributed by atoms with E-state index in [2.05, 4.69) is 10.6 Å². The molecule has 2 amide bonds. The summed E-state index contributed by atoms with van der Waals surface area (Å²) in [5.74, 6) is 1.84. The Morgan fingerprint density at radius 2 is 1.74 bits per heavy atom. The van der Waals surface area contributed by atoms with Crippen molar-refractivity contribution in [1.82, 2.24) is 15.2 Å². The summed E-state index contributed by atoms with van der Waals surface area (Å²) in [6.45, 7) is 8.34. The fourth-order valence-corrected chi connectivity index (χ4v) is 5.03. The summed E-state index contributed by atoms with van der Waals surface area (Å²) in [4.78, 5) is 32.1. The van der Waals surface area contributed by atoms with Crippen molar-refractivity contribution in [2.24, 2.45) is 5.92 Å². The summed E-state index contributed by atoms with van der Waals surface area (Å²) in [5, 5.41) is 6.41. The van der Waals surface area contributed by atoms with E-state index in [1.807, 2.05) is 69.3 Å². The molecule has 0 saturated carbocycles. The van der Waals surface area contributed by atoms with Crippen LogP contribution in [0.15, 0.2) is 54.6 Å². The number of likely N-dealkylation sites (tertiary alicyclic amines) is 1. The molecule has 5 rings (SSSR count). The zero-order chi connectivity index (χ0) is 29.7. The molecule has 10 nitrogen and oxygen atoms in total. The first-order chi connectivity index (χ1) is 20.2. The average molecular weight is 575 g/mol. The van der Waals surface area contributed by atoms with E-state index in [-0.39, 0.29) is 17.9 Å². The van der Waals surface area contributed by atoms with Crippen LogP contribution >= 0.6 is 0 Å². The van der Waals surface area contributed by atoms with E-state index >= 15 is 0 Å². The molecule has 2 N–H and O–H groups in total. The van der Waals surface area contributed by atoms with Gasteiger partial charge in [-0.1, -0.05) is 18.2 Å². The number of para-hydroxylation sites is 2. The van der Waals surface area contributed by atoms with Crippen LogP contribution in [-0.4, -0.2) is 67.4 Å². The molecule has 0 bridgehead atoms. The van der Waals surface area contributed by atoms with Gasteiger partial charge in [-0.05, 0) is 75.9 Å². The largest absolute Gasteiger partial charge is 0.486 e. The topological polar surface area (TPSA) is 111 Å². The van der Waals surface area contributed by atoms with E-state index in [0.717, 1.165) is 18.4 Å². The zero-order valence-electron chi connectivity index (χ0n) is 24.6. The van der Waals surface area contributed by atoms with Crippen LogP contribution in [0.2, 0.25) is 0 Å². The fourth-order valence-electron chi connectivity index (χ4n) is 5.03. The van der Waals surface area contributed by atoms with Crippen molar-refractivity contribution in [3.05, 3.63) is 60.2 Å². The lowest BCUT2D eigenvalue weighted by Crippen LogP contribution is -2.43. The molecule has 0 spiro atoms. The highest BCUT2D eigenvalue weighted by atomic mass is 16.6. The molecule has 0 aliphatic carbocycles. The molecule has 222 valence electrons. The molecule has 0 unspecified atom stereocenters. The number of hydrogen-bond donors (Lipinski definition) is 2. The minimum atomic E-state index is -0.517. The van der Waals surface area contributed by atoms with Crippen LogP contribution < -0.4 is 24.8 Å². The van der Waals surface area contributed by atoms with Crippen LogP contribution in [0, 0.1) is 5.92 Å². The summed E-state index contributed by atoms with van der Waals surface area (Å²) in [6.07, 6.45) is 1.32. The molecule has 3 heterocycles. The van der Waals surface area contributed by atoms with Crippen molar-refractivity contribution in [2.75, 3.05) is 45.3 Å². The van der Waals surface area contributed by atoms with Crippen LogP contribution in [-0.2, 0) is 4.74 Å². The number of piperidine rings is 1. The molecule has 0 radical (unpaired) electrons. The molecule has 0 atom stereocenters. The highest BCUT2D eigenvalue weighted by molar-refractivity contribution is 6.00. The van der Waals surface area contributed by atoms with E-state index in [9.17, 15) is 9.59 Å². The zero-order valence-corrected chi connectivity index (χ0v) is 24.6. The fraction of sp³-hybridized carbons (Fsp3) is 0.406. The van der Waals surface area contributed by atoms with Gasteiger partial charge in [0.15, 0.2) is 11.5 Å². The molecular weight excluding hydrogens is 536 g/mol. The highest BCUT2D eigenvalue weighted by Crippen LogP contribution is 2.40. The molecular formula is C32H38N4O6. The Labute approximate surface area is 246 Å². The number of ether oxygens (including phenoxy) is 4. The Morgan fingerprint density at radius 1 is 0.976 bits per heavy atom. The number of carbonyl (C=O) groups excluding carboxylic acids is 2. The molecule has 1 aromatic heterocycles. The molecule has 1 fully saturated rings. The van der Waals surface area contributed by atoms with Crippen molar-refractivity contribution in [3.8, 4) is 28.6 Å². The molecule has 1 saturated heterocycles. The van der Waals surface area contributed by atoms with Crippen molar-refractivity contribution < 1.29 is 28.5 Å². The number of amides is 2. The second-order valence-corrected chi connectivity index (χ2v) is 11.4. The summed E-state index contributed by atoms with van der Waals surface area (Å²) < 4.78 is 22.7. The Bertz CT molecular complexity index is 1430. The van der Waals surface area contributed by atoms with E-state index in [4.69, 9.17) is 23.9 Å². The molecule has 2 aromatic carbocycles. The first-order valence-corrected chi connectivity index (χ1v) is 14.3. The molecule has 2 aliphatic heterocycles. The minimum absolute atomic E-state index is 0.177. The van der Waals surface area contributed by atoms with E-state index in [0.29, 0.717) is 72.9 Å². The lowest BCUT2D eigenvalue weighted by Gasteiger charge is -2.33. The number of hydrogen-bond acceptors (Lipinski definition) is 8. The first-order valence-electron chi connectivity index (χ1n) is 14.3. The predicted octanol–water partition coefficient (Wildman–Crippen LogP) is 5.65. The third-order valence-corrected chi connectivity index (χ3v) is 7.15. The molecule has 3 aromatic rings. The number of aromatic nitrogens is 1. The standard InChI is InChI=1S/C32H38N4O6/c1-32(2,3)42-31(38)36-16-14-21(15-17-36)20-33-29(37)23-8-5-6-10-24(23)34-26-13-12-25(35-30(26)39-4)22-9-7-11-27-28(22)41-19-18-40-27/h5-13,21,34H,14-20H2,1-4H3,(H,33,37). The summed E-state index contributed by atoms with van der Waals surface area (Å²) in [5.41, 5.74) is 2.75. The van der Waals surface area contributed by atoms with E-state index in [1.165, 1.54) is 0 Å². The number of anilines is 2. The smallest absolute Gasteiger partial charge is 0.410 e. The van der Waals surface area contributed by atoms with Crippen LogP contribution in [0.25, 0.3) is 11.3 Å². The van der Waals surface area contributed by atoms with Gasteiger partial charge in [0.2, 0.25) is 5.88 Å². The third kappa shape index (κ3) is 6.87. The number of fused-ring (bicyclic) bond motifs is 1. The van der Waals surface area contributed by atoms with Crippen LogP contribution in [0.1, 0.15) is 44.0 Å². The van der Waals surface area contributed by atoms with Gasteiger partial charge in [-0.3, -0.25) is 4.79 Å². The number of nitrogens with zero attached hydrogens (tertiary/aromatic N) is 2. The number of methoxy groups -OCH3 is 1. The van der Waals surface area contributed by atoms with Crippen molar-refractivity contribution in [2.45, 2.75) is 39.2 Å². The Morgan fingerprint density at radius 3 is 2.50 bits per heavy atom. The normalized spacial score (nSPS) is 15.1. The Kier molecular flexibility index (Phi) is 8.70. The monoisotopic (exact) mass is 574 g/mol. The van der Waals surface area contributed by atoms with Gasteiger partial charge in [0, 0.05) is 25.2 Å².